The van der Waals surface area contributed by atoms with Crippen LogP contribution in [-0.4, -0.2) is 43.2 Å². The van der Waals surface area contributed by atoms with Gasteiger partial charge in [-0.15, -0.1) is 0 Å². The molecule has 1 aliphatic heterocycles. The number of halogens is 1. The Morgan fingerprint density at radius 3 is 2.48 bits per heavy atom. The minimum absolute atomic E-state index is 0.0645. The van der Waals surface area contributed by atoms with Gasteiger partial charge in [0, 0.05) is 0 Å². The van der Waals surface area contributed by atoms with E-state index in [0.717, 1.165) is 0 Å². The van der Waals surface area contributed by atoms with Crippen LogP contribution >= 0.6 is 23.8 Å². The molecule has 0 radical (unpaired) electrons. The Morgan fingerprint density at radius 2 is 1.82 bits per heavy atom. The Labute approximate surface area is 200 Å². The lowest BCUT2D eigenvalue weighted by Crippen LogP contribution is -2.51. The fraction of sp³-hybridized carbons (Fsp3) is 0.182. The number of anilines is 1. The molecule has 0 atom stereocenters. The predicted octanol–water partition coefficient (Wildman–Crippen LogP) is 2.68. The number of para-hydroxylation sites is 2. The molecule has 1 saturated heterocycles. The Balaban J connectivity index is 1.79. The highest BCUT2D eigenvalue weighted by atomic mass is 35.5. The highest BCUT2D eigenvalue weighted by Gasteiger charge is 2.26. The van der Waals surface area contributed by atoms with Crippen molar-refractivity contribution in [2.75, 3.05) is 25.6 Å². The van der Waals surface area contributed by atoms with Gasteiger partial charge in [-0.05, 0) is 55.0 Å². The maximum absolute atomic E-state index is 12.4. The summed E-state index contributed by atoms with van der Waals surface area (Å²) >= 11 is 11.2. The summed E-state index contributed by atoms with van der Waals surface area (Å²) in [6, 6.07) is 9.98. The van der Waals surface area contributed by atoms with E-state index in [1.165, 1.54) is 19.3 Å². The van der Waals surface area contributed by atoms with Crippen molar-refractivity contribution >= 4 is 58.4 Å². The fourth-order valence-corrected chi connectivity index (χ4v) is 3.38. The number of benzene rings is 2. The number of carbonyl (C=O) groups excluding carboxylic acids is 3. The molecule has 3 N–H and O–H groups in total. The average molecular weight is 490 g/mol. The van der Waals surface area contributed by atoms with E-state index in [-0.39, 0.29) is 40.4 Å². The van der Waals surface area contributed by atoms with Gasteiger partial charge in [0.05, 0.1) is 24.4 Å². The zero-order valence-electron chi connectivity index (χ0n) is 17.7. The van der Waals surface area contributed by atoms with Gasteiger partial charge in [-0.2, -0.15) is 0 Å². The fourth-order valence-electron chi connectivity index (χ4n) is 2.92. The largest absolute Gasteiger partial charge is 0.495 e. The van der Waals surface area contributed by atoms with E-state index >= 15 is 0 Å². The molecule has 2 aromatic carbocycles. The zero-order valence-corrected chi connectivity index (χ0v) is 19.3. The summed E-state index contributed by atoms with van der Waals surface area (Å²) in [5.41, 5.74) is 0.768. The summed E-state index contributed by atoms with van der Waals surface area (Å²) in [5.74, 6) is -0.801. The van der Waals surface area contributed by atoms with Crippen LogP contribution in [0.4, 0.5) is 5.69 Å². The molecule has 0 bridgehead atoms. The van der Waals surface area contributed by atoms with E-state index in [9.17, 15) is 14.4 Å². The van der Waals surface area contributed by atoms with Gasteiger partial charge in [-0.1, -0.05) is 23.7 Å². The van der Waals surface area contributed by atoms with Crippen LogP contribution in [0.2, 0.25) is 5.02 Å². The van der Waals surface area contributed by atoms with Crippen molar-refractivity contribution in [3.63, 3.8) is 0 Å². The van der Waals surface area contributed by atoms with E-state index in [0.29, 0.717) is 17.0 Å². The minimum atomic E-state index is -0.633. The molecule has 0 saturated carbocycles. The first-order valence-corrected chi connectivity index (χ1v) is 10.5. The molecule has 0 aliphatic carbocycles. The van der Waals surface area contributed by atoms with Crippen molar-refractivity contribution in [1.29, 1.82) is 0 Å². The van der Waals surface area contributed by atoms with Crippen LogP contribution in [0.25, 0.3) is 6.08 Å². The van der Waals surface area contributed by atoms with Gasteiger partial charge in [0.25, 0.3) is 17.7 Å². The van der Waals surface area contributed by atoms with Gasteiger partial charge < -0.3 is 19.5 Å². The number of carbonyl (C=O) groups is 3. The standard InChI is InChI=1S/C22H20ClN3O6S/c1-3-31-17-10-12(8-13-20(28)25-22(33)26-21(13)29)9-14(23)19(17)32-11-18(27)24-15-6-4-5-7-16(15)30-2/h4-10H,3,11H2,1-2H3,(H,24,27)(H2,25,26,28,29,33). The van der Waals surface area contributed by atoms with Crippen molar-refractivity contribution in [3.05, 3.63) is 52.6 Å². The quantitative estimate of drug-likeness (QED) is 0.296. The number of hydrogen-bond donors (Lipinski definition) is 3. The molecule has 11 heteroatoms. The van der Waals surface area contributed by atoms with Crippen molar-refractivity contribution in [3.8, 4) is 17.2 Å². The molecule has 172 valence electrons. The van der Waals surface area contributed by atoms with Gasteiger partial charge in [0.2, 0.25) is 0 Å². The molecule has 3 amide bonds. The lowest BCUT2D eigenvalue weighted by atomic mass is 10.1. The van der Waals surface area contributed by atoms with Crippen LogP contribution in [0.1, 0.15) is 12.5 Å². The van der Waals surface area contributed by atoms with Gasteiger partial charge in [-0.25, -0.2) is 0 Å². The molecule has 0 aromatic heterocycles. The summed E-state index contributed by atoms with van der Waals surface area (Å²) in [6.45, 7) is 1.70. The van der Waals surface area contributed by atoms with E-state index in [2.05, 4.69) is 16.0 Å². The number of hydrogen-bond acceptors (Lipinski definition) is 7. The predicted molar refractivity (Wildman–Crippen MR) is 127 cm³/mol. The summed E-state index contributed by atoms with van der Waals surface area (Å²) < 4.78 is 16.4. The smallest absolute Gasteiger partial charge is 0.263 e. The Kier molecular flexibility index (Phi) is 7.86. The van der Waals surface area contributed by atoms with Crippen molar-refractivity contribution in [2.24, 2.45) is 0 Å². The summed E-state index contributed by atoms with van der Waals surface area (Å²) in [4.78, 5) is 36.5. The molecule has 33 heavy (non-hydrogen) atoms. The molecule has 1 aliphatic rings. The molecule has 3 rings (SSSR count). The van der Waals surface area contributed by atoms with Gasteiger partial charge in [0.15, 0.2) is 23.2 Å². The number of amides is 3. The zero-order chi connectivity index (χ0) is 24.0. The summed E-state index contributed by atoms with van der Waals surface area (Å²) in [7, 11) is 1.50. The number of ether oxygens (including phenoxy) is 3. The lowest BCUT2D eigenvalue weighted by Gasteiger charge is -2.17. The Bertz CT molecular complexity index is 1130. The molecule has 1 heterocycles. The highest BCUT2D eigenvalue weighted by Crippen LogP contribution is 2.37. The molecule has 2 aromatic rings. The second-order valence-electron chi connectivity index (χ2n) is 6.60. The number of methoxy groups -OCH3 is 1. The third kappa shape index (κ3) is 5.99. The maximum atomic E-state index is 12.4. The average Bonchev–Trinajstić information content (AvgIpc) is 2.76. The third-order valence-corrected chi connectivity index (χ3v) is 4.80. The van der Waals surface area contributed by atoms with Crippen LogP contribution in [0.5, 0.6) is 17.2 Å². The molecule has 9 nitrogen and oxygen atoms in total. The van der Waals surface area contributed by atoms with E-state index < -0.39 is 17.7 Å². The highest BCUT2D eigenvalue weighted by molar-refractivity contribution is 7.80. The van der Waals surface area contributed by atoms with Crippen molar-refractivity contribution < 1.29 is 28.6 Å². The molecule has 0 spiro atoms. The number of rotatable bonds is 8. The van der Waals surface area contributed by atoms with Crippen molar-refractivity contribution in [1.82, 2.24) is 10.6 Å². The molecular weight excluding hydrogens is 470 g/mol. The van der Waals surface area contributed by atoms with Crippen LogP contribution in [-0.2, 0) is 14.4 Å². The first-order chi connectivity index (χ1) is 15.8. The SMILES string of the molecule is CCOc1cc(C=C2C(=O)NC(=S)NC2=O)cc(Cl)c1OCC(=O)Nc1ccccc1OC. The van der Waals surface area contributed by atoms with Crippen LogP contribution < -0.4 is 30.2 Å². The van der Waals surface area contributed by atoms with E-state index in [1.807, 2.05) is 0 Å². The monoisotopic (exact) mass is 489 g/mol. The summed E-state index contributed by atoms with van der Waals surface area (Å²) in [6.07, 6.45) is 1.35. The second-order valence-corrected chi connectivity index (χ2v) is 7.41. The van der Waals surface area contributed by atoms with E-state index in [1.54, 1.807) is 37.3 Å². The van der Waals surface area contributed by atoms with Crippen LogP contribution in [0.3, 0.4) is 0 Å². The van der Waals surface area contributed by atoms with Crippen LogP contribution in [0, 0.1) is 0 Å². The Morgan fingerprint density at radius 1 is 1.12 bits per heavy atom. The van der Waals surface area contributed by atoms with Gasteiger partial charge >= 0.3 is 0 Å². The molecular formula is C22H20ClN3O6S. The van der Waals surface area contributed by atoms with Gasteiger partial charge in [0.1, 0.15) is 11.3 Å². The number of thiocarbonyl (C=S) groups is 1. The third-order valence-electron chi connectivity index (χ3n) is 4.31. The topological polar surface area (TPSA) is 115 Å². The maximum Gasteiger partial charge on any atom is 0.263 e. The molecule has 0 unspecified atom stereocenters. The normalized spacial score (nSPS) is 13.1. The number of nitrogens with one attached hydrogen (secondary N) is 3. The molecule has 1 fully saturated rings. The lowest BCUT2D eigenvalue weighted by molar-refractivity contribution is -0.123. The summed E-state index contributed by atoms with van der Waals surface area (Å²) in [5, 5.41) is 7.48. The second kappa shape index (κ2) is 10.8. The Hall–Kier alpha value is -3.63. The van der Waals surface area contributed by atoms with Crippen LogP contribution in [0.15, 0.2) is 42.0 Å². The van der Waals surface area contributed by atoms with E-state index in [4.69, 9.17) is 38.0 Å². The van der Waals surface area contributed by atoms with Gasteiger partial charge in [-0.3, -0.25) is 25.0 Å². The first kappa shape index (κ1) is 24.0. The van der Waals surface area contributed by atoms with Crippen molar-refractivity contribution in [2.45, 2.75) is 6.92 Å². The minimum Gasteiger partial charge on any atom is -0.495 e. The first-order valence-electron chi connectivity index (χ1n) is 9.72.